The Bertz CT molecular complexity index is 448. The van der Waals surface area contributed by atoms with Crippen LogP contribution in [-0.2, 0) is 11.3 Å². The highest BCUT2D eigenvalue weighted by Crippen LogP contribution is 2.25. The molecule has 84 valence electrons. The lowest BCUT2D eigenvalue weighted by molar-refractivity contribution is 0.0600. The Morgan fingerprint density at radius 3 is 2.62 bits per heavy atom. The van der Waals surface area contributed by atoms with Gasteiger partial charge in [0.2, 0.25) is 0 Å². The first kappa shape index (κ1) is 12.0. The van der Waals surface area contributed by atoms with Crippen molar-refractivity contribution in [3.05, 3.63) is 28.8 Å². The van der Waals surface area contributed by atoms with Gasteiger partial charge in [-0.2, -0.15) is 5.26 Å². The van der Waals surface area contributed by atoms with Gasteiger partial charge in [-0.25, -0.2) is 4.79 Å². The lowest BCUT2D eigenvalue weighted by Crippen LogP contribution is -2.07. The predicted octanol–water partition coefficient (Wildman–Crippen LogP) is 0.846. The summed E-state index contributed by atoms with van der Waals surface area (Å²) in [4.78, 5) is 11.4. The summed E-state index contributed by atoms with van der Waals surface area (Å²) in [5, 5.41) is 18.1. The predicted molar refractivity (Wildman–Crippen MR) is 55.0 cm³/mol. The molecule has 0 fully saturated rings. The third-order valence-corrected chi connectivity index (χ3v) is 2.17. The number of aliphatic hydroxyl groups excluding tert-OH is 1. The number of rotatable bonds is 3. The van der Waals surface area contributed by atoms with E-state index in [4.69, 9.17) is 15.1 Å². The number of ether oxygens (including phenoxy) is 2. The van der Waals surface area contributed by atoms with E-state index in [2.05, 4.69) is 4.74 Å². The Morgan fingerprint density at radius 2 is 2.19 bits per heavy atom. The number of carbonyl (C=O) groups excluding carboxylic acids is 1. The van der Waals surface area contributed by atoms with Crippen molar-refractivity contribution in [1.82, 2.24) is 0 Å². The molecule has 0 radical (unpaired) electrons. The van der Waals surface area contributed by atoms with Gasteiger partial charge < -0.3 is 14.6 Å². The minimum Gasteiger partial charge on any atom is -0.496 e. The number of esters is 1. The zero-order chi connectivity index (χ0) is 12.1. The second-order valence-corrected chi connectivity index (χ2v) is 2.93. The van der Waals surface area contributed by atoms with Crippen molar-refractivity contribution in [3.63, 3.8) is 0 Å². The smallest absolute Gasteiger partial charge is 0.339 e. The lowest BCUT2D eigenvalue weighted by atomic mass is 10.0. The summed E-state index contributed by atoms with van der Waals surface area (Å²) in [5.41, 5.74) is 0.483. The minimum absolute atomic E-state index is 0.0775. The zero-order valence-electron chi connectivity index (χ0n) is 8.98. The molecular formula is C11H11NO4. The summed E-state index contributed by atoms with van der Waals surface area (Å²) in [7, 11) is 2.65. The second-order valence-electron chi connectivity index (χ2n) is 2.93. The van der Waals surface area contributed by atoms with Crippen LogP contribution in [-0.4, -0.2) is 25.3 Å². The van der Waals surface area contributed by atoms with Crippen LogP contribution in [0.2, 0.25) is 0 Å². The fourth-order valence-corrected chi connectivity index (χ4v) is 1.38. The molecule has 0 heterocycles. The number of methoxy groups -OCH3 is 2. The first-order valence-corrected chi connectivity index (χ1v) is 4.48. The maximum Gasteiger partial charge on any atom is 0.339 e. The molecule has 0 spiro atoms. The zero-order valence-corrected chi connectivity index (χ0v) is 8.98. The lowest BCUT2D eigenvalue weighted by Gasteiger charge is -2.10. The van der Waals surface area contributed by atoms with Crippen LogP contribution in [0, 0.1) is 11.3 Å². The van der Waals surface area contributed by atoms with Crippen molar-refractivity contribution >= 4 is 5.97 Å². The molecule has 1 aromatic carbocycles. The fraction of sp³-hybridized carbons (Fsp3) is 0.273. The van der Waals surface area contributed by atoms with Crippen LogP contribution in [0.3, 0.4) is 0 Å². The van der Waals surface area contributed by atoms with E-state index in [1.807, 2.05) is 6.07 Å². The van der Waals surface area contributed by atoms with Crippen LogP contribution < -0.4 is 4.74 Å². The van der Waals surface area contributed by atoms with E-state index in [9.17, 15) is 4.79 Å². The number of aliphatic hydroxyl groups is 1. The SMILES string of the molecule is COC(=O)c1ccc(OC)c(CO)c1C#N. The van der Waals surface area contributed by atoms with Crippen LogP contribution >= 0.6 is 0 Å². The Kier molecular flexibility index (Phi) is 3.86. The third-order valence-electron chi connectivity index (χ3n) is 2.17. The van der Waals surface area contributed by atoms with Crippen molar-refractivity contribution in [2.75, 3.05) is 14.2 Å². The van der Waals surface area contributed by atoms with Gasteiger partial charge in [-0.1, -0.05) is 0 Å². The van der Waals surface area contributed by atoms with Crippen LogP contribution in [0.15, 0.2) is 12.1 Å². The Labute approximate surface area is 92.8 Å². The Morgan fingerprint density at radius 1 is 1.50 bits per heavy atom. The number of hydrogen-bond donors (Lipinski definition) is 1. The molecule has 0 saturated heterocycles. The van der Waals surface area contributed by atoms with E-state index in [0.717, 1.165) is 0 Å². The Balaban J connectivity index is 3.45. The van der Waals surface area contributed by atoms with Gasteiger partial charge in [0.15, 0.2) is 0 Å². The van der Waals surface area contributed by atoms with Gasteiger partial charge in [0, 0.05) is 5.56 Å². The van der Waals surface area contributed by atoms with Crippen LogP contribution in [0.5, 0.6) is 5.75 Å². The van der Waals surface area contributed by atoms with Crippen LogP contribution in [0.1, 0.15) is 21.5 Å². The molecule has 16 heavy (non-hydrogen) atoms. The molecular weight excluding hydrogens is 210 g/mol. The molecule has 0 aliphatic rings. The standard InChI is InChI=1S/C11H11NO4/c1-15-10-4-3-7(11(14)16-2)8(5-12)9(10)6-13/h3-4,13H,6H2,1-2H3. The molecule has 0 bridgehead atoms. The molecule has 0 amide bonds. The first-order valence-electron chi connectivity index (χ1n) is 4.48. The van der Waals surface area contributed by atoms with Gasteiger partial charge in [0.05, 0.1) is 32.0 Å². The van der Waals surface area contributed by atoms with E-state index in [1.54, 1.807) is 0 Å². The second kappa shape index (κ2) is 5.14. The molecule has 1 rings (SSSR count). The molecule has 1 N–H and O–H groups in total. The van der Waals surface area contributed by atoms with Crippen molar-refractivity contribution in [3.8, 4) is 11.8 Å². The van der Waals surface area contributed by atoms with Gasteiger partial charge in [-0.05, 0) is 12.1 Å². The Hall–Kier alpha value is -2.06. The third kappa shape index (κ3) is 1.97. The van der Waals surface area contributed by atoms with Gasteiger partial charge in [-0.15, -0.1) is 0 Å². The van der Waals surface area contributed by atoms with E-state index in [-0.39, 0.29) is 23.3 Å². The average molecular weight is 221 g/mol. The molecule has 1 aromatic rings. The topological polar surface area (TPSA) is 79.6 Å². The van der Waals surface area contributed by atoms with Crippen molar-refractivity contribution in [2.45, 2.75) is 6.61 Å². The molecule has 0 saturated carbocycles. The van der Waals surface area contributed by atoms with Crippen LogP contribution in [0.25, 0.3) is 0 Å². The van der Waals surface area contributed by atoms with E-state index >= 15 is 0 Å². The molecule has 0 aliphatic heterocycles. The summed E-state index contributed by atoms with van der Waals surface area (Å²) >= 11 is 0. The minimum atomic E-state index is -0.617. The van der Waals surface area contributed by atoms with E-state index in [1.165, 1.54) is 26.4 Å². The van der Waals surface area contributed by atoms with Crippen molar-refractivity contribution in [1.29, 1.82) is 5.26 Å². The summed E-state index contributed by atoms with van der Waals surface area (Å²) in [6, 6.07) is 4.81. The largest absolute Gasteiger partial charge is 0.496 e. The number of benzene rings is 1. The number of nitriles is 1. The summed E-state index contributed by atoms with van der Waals surface area (Å²) in [6.45, 7) is -0.378. The van der Waals surface area contributed by atoms with E-state index in [0.29, 0.717) is 5.75 Å². The molecule has 5 nitrogen and oxygen atoms in total. The molecule has 5 heteroatoms. The van der Waals surface area contributed by atoms with Gasteiger partial charge in [0.1, 0.15) is 11.8 Å². The van der Waals surface area contributed by atoms with Crippen molar-refractivity contribution in [2.24, 2.45) is 0 Å². The quantitative estimate of drug-likeness (QED) is 0.765. The first-order chi connectivity index (χ1) is 7.69. The van der Waals surface area contributed by atoms with Gasteiger partial charge >= 0.3 is 5.97 Å². The molecule has 0 atom stereocenters. The highest BCUT2D eigenvalue weighted by Gasteiger charge is 2.18. The maximum absolute atomic E-state index is 11.4. The van der Waals surface area contributed by atoms with Gasteiger partial charge in [-0.3, -0.25) is 0 Å². The highest BCUT2D eigenvalue weighted by atomic mass is 16.5. The van der Waals surface area contributed by atoms with E-state index < -0.39 is 5.97 Å². The maximum atomic E-state index is 11.4. The number of nitrogens with zero attached hydrogens (tertiary/aromatic N) is 1. The molecule has 0 aromatic heterocycles. The summed E-state index contributed by atoms with van der Waals surface area (Å²) < 4.78 is 9.52. The number of hydrogen-bond acceptors (Lipinski definition) is 5. The number of carbonyl (C=O) groups is 1. The summed E-state index contributed by atoms with van der Waals surface area (Å²) in [6.07, 6.45) is 0. The fourth-order valence-electron chi connectivity index (χ4n) is 1.38. The van der Waals surface area contributed by atoms with Gasteiger partial charge in [0.25, 0.3) is 0 Å². The summed E-state index contributed by atoms with van der Waals surface area (Å²) in [5.74, 6) is -0.249. The molecule has 0 unspecified atom stereocenters. The van der Waals surface area contributed by atoms with Crippen molar-refractivity contribution < 1.29 is 19.4 Å². The molecule has 0 aliphatic carbocycles. The van der Waals surface area contributed by atoms with Crippen LogP contribution in [0.4, 0.5) is 0 Å². The highest BCUT2D eigenvalue weighted by molar-refractivity contribution is 5.93. The average Bonchev–Trinajstić information content (AvgIpc) is 2.35. The normalized spacial score (nSPS) is 9.38. The monoisotopic (exact) mass is 221 g/mol.